The lowest BCUT2D eigenvalue weighted by molar-refractivity contribution is 0.146. The van der Waals surface area contributed by atoms with E-state index in [9.17, 15) is 4.79 Å². The third-order valence-corrected chi connectivity index (χ3v) is 5.28. The molecule has 0 aliphatic heterocycles. The smallest absolute Gasteiger partial charge is 0.326 e. The second-order valence-corrected chi connectivity index (χ2v) is 9.54. The number of carbonyl (C=O) groups excluding carboxylic acids is 1. The van der Waals surface area contributed by atoms with E-state index < -0.39 is 5.54 Å². The second-order valence-electron chi connectivity index (χ2n) is 9.54. The van der Waals surface area contributed by atoms with Crippen molar-refractivity contribution in [2.45, 2.75) is 33.2 Å². The Kier molecular flexibility index (Phi) is 7.49. The maximum Gasteiger partial charge on any atom is 0.326 e. The minimum Gasteiger partial charge on any atom is -0.491 e. The SMILES string of the molecule is COCCOc1cccc(N(C(=O)NC(C)(C)C)c2cc(Oc3ccc4nc(N)cn4n3)ccc2C)c1. The molecule has 0 bridgehead atoms. The van der Waals surface area contributed by atoms with Crippen LogP contribution in [-0.2, 0) is 4.74 Å². The van der Waals surface area contributed by atoms with Crippen LogP contribution in [0.3, 0.4) is 0 Å². The lowest BCUT2D eigenvalue weighted by Gasteiger charge is -2.30. The van der Waals surface area contributed by atoms with Crippen molar-refractivity contribution in [1.29, 1.82) is 0 Å². The minimum atomic E-state index is -0.449. The van der Waals surface area contributed by atoms with Gasteiger partial charge in [-0.05, 0) is 57.5 Å². The molecule has 0 saturated carbocycles. The summed E-state index contributed by atoms with van der Waals surface area (Å²) in [6, 6.07) is 16.1. The van der Waals surface area contributed by atoms with E-state index in [0.717, 1.165) is 5.56 Å². The van der Waals surface area contributed by atoms with Gasteiger partial charge in [0.15, 0.2) is 5.65 Å². The fourth-order valence-corrected chi connectivity index (χ4v) is 3.65. The quantitative estimate of drug-likeness (QED) is 0.321. The van der Waals surface area contributed by atoms with Crippen LogP contribution in [0, 0.1) is 6.92 Å². The van der Waals surface area contributed by atoms with Crippen LogP contribution in [0.25, 0.3) is 5.65 Å². The first-order valence-electron chi connectivity index (χ1n) is 11.9. The number of fused-ring (bicyclic) bond motifs is 1. The number of anilines is 3. The van der Waals surface area contributed by atoms with E-state index in [4.69, 9.17) is 19.9 Å². The first-order valence-corrected chi connectivity index (χ1v) is 11.9. The molecule has 0 unspecified atom stereocenters. The van der Waals surface area contributed by atoms with Gasteiger partial charge in [0, 0.05) is 30.8 Å². The van der Waals surface area contributed by atoms with E-state index in [2.05, 4.69) is 15.4 Å². The number of imidazole rings is 1. The van der Waals surface area contributed by atoms with Crippen molar-refractivity contribution in [2.24, 2.45) is 0 Å². The molecule has 0 saturated heterocycles. The highest BCUT2D eigenvalue weighted by Crippen LogP contribution is 2.35. The monoisotopic (exact) mass is 504 g/mol. The summed E-state index contributed by atoms with van der Waals surface area (Å²) < 4.78 is 18.5. The zero-order chi connectivity index (χ0) is 26.6. The molecule has 4 rings (SSSR count). The Balaban J connectivity index is 1.70. The number of amides is 2. The van der Waals surface area contributed by atoms with Crippen LogP contribution in [0.2, 0.25) is 0 Å². The summed E-state index contributed by atoms with van der Waals surface area (Å²) in [5.74, 6) is 1.88. The van der Waals surface area contributed by atoms with Gasteiger partial charge in [0.25, 0.3) is 0 Å². The highest BCUT2D eigenvalue weighted by molar-refractivity contribution is 6.00. The molecule has 37 heavy (non-hydrogen) atoms. The highest BCUT2D eigenvalue weighted by Gasteiger charge is 2.25. The number of hydrogen-bond donors (Lipinski definition) is 2. The van der Waals surface area contributed by atoms with Crippen molar-refractivity contribution in [1.82, 2.24) is 19.9 Å². The third kappa shape index (κ3) is 6.47. The van der Waals surface area contributed by atoms with Gasteiger partial charge in [-0.3, -0.25) is 4.90 Å². The number of hydrogen-bond acceptors (Lipinski definition) is 7. The fourth-order valence-electron chi connectivity index (χ4n) is 3.65. The number of benzene rings is 2. The van der Waals surface area contributed by atoms with Gasteiger partial charge in [-0.15, -0.1) is 5.10 Å². The van der Waals surface area contributed by atoms with Gasteiger partial charge in [-0.1, -0.05) is 12.1 Å². The van der Waals surface area contributed by atoms with Crippen molar-refractivity contribution in [3.8, 4) is 17.4 Å². The average Bonchev–Trinajstić information content (AvgIpc) is 3.20. The van der Waals surface area contributed by atoms with E-state index >= 15 is 0 Å². The predicted molar refractivity (Wildman–Crippen MR) is 143 cm³/mol. The van der Waals surface area contributed by atoms with Gasteiger partial charge in [-0.2, -0.15) is 0 Å². The largest absolute Gasteiger partial charge is 0.491 e. The Hall–Kier alpha value is -4.31. The Morgan fingerprint density at radius 2 is 1.89 bits per heavy atom. The molecule has 3 N–H and O–H groups in total. The maximum atomic E-state index is 13.6. The standard InChI is InChI=1S/C27H32N6O4/c1-18-9-10-21(37-25-12-11-24-29-23(28)17-32(24)31-25)16-22(18)33(26(34)30-27(2,3)4)19-7-6-8-20(15-19)36-14-13-35-5/h6-12,15-17H,13-14,28H2,1-5H3,(H,30,34). The van der Waals surface area contributed by atoms with Crippen LogP contribution in [0.5, 0.6) is 17.4 Å². The molecule has 10 heteroatoms. The summed E-state index contributed by atoms with van der Waals surface area (Å²) in [4.78, 5) is 19.4. The number of urea groups is 1. The number of aryl methyl sites for hydroxylation is 1. The third-order valence-electron chi connectivity index (χ3n) is 5.28. The summed E-state index contributed by atoms with van der Waals surface area (Å²) in [6.45, 7) is 8.60. The van der Waals surface area contributed by atoms with E-state index in [0.29, 0.717) is 53.4 Å². The summed E-state index contributed by atoms with van der Waals surface area (Å²) in [5.41, 5.74) is 8.11. The molecule has 0 spiro atoms. The zero-order valence-corrected chi connectivity index (χ0v) is 21.7. The van der Waals surface area contributed by atoms with Crippen molar-refractivity contribution in [3.63, 3.8) is 0 Å². The molecule has 0 radical (unpaired) electrons. The van der Waals surface area contributed by atoms with Gasteiger partial charge in [0.1, 0.15) is 23.9 Å². The molecular formula is C27H32N6O4. The number of rotatable bonds is 8. The molecule has 2 amide bonds. The first-order chi connectivity index (χ1) is 17.6. The molecule has 2 aromatic heterocycles. The van der Waals surface area contributed by atoms with E-state index in [1.165, 1.54) is 0 Å². The number of nitrogens with two attached hydrogens (primary N) is 1. The molecular weight excluding hydrogens is 472 g/mol. The molecule has 2 heterocycles. The number of nitrogens with zero attached hydrogens (tertiary/aromatic N) is 4. The van der Waals surface area contributed by atoms with Crippen LogP contribution in [0.15, 0.2) is 60.8 Å². The van der Waals surface area contributed by atoms with Crippen molar-refractivity contribution in [3.05, 3.63) is 66.4 Å². The lowest BCUT2D eigenvalue weighted by Crippen LogP contribution is -2.47. The van der Waals surface area contributed by atoms with Gasteiger partial charge in [0.2, 0.25) is 5.88 Å². The van der Waals surface area contributed by atoms with Crippen LogP contribution in [0.4, 0.5) is 22.0 Å². The van der Waals surface area contributed by atoms with Crippen molar-refractivity contribution in [2.75, 3.05) is 31.0 Å². The summed E-state index contributed by atoms with van der Waals surface area (Å²) in [7, 11) is 1.62. The van der Waals surface area contributed by atoms with Gasteiger partial charge in [-0.25, -0.2) is 14.3 Å². The molecule has 0 aliphatic carbocycles. The van der Waals surface area contributed by atoms with Gasteiger partial charge in [0.05, 0.1) is 24.2 Å². The molecule has 0 aliphatic rings. The fraction of sp³-hybridized carbons (Fsp3) is 0.296. The van der Waals surface area contributed by atoms with Crippen LogP contribution < -0.4 is 25.4 Å². The van der Waals surface area contributed by atoms with Gasteiger partial charge < -0.3 is 25.3 Å². The summed E-state index contributed by atoms with van der Waals surface area (Å²) >= 11 is 0. The Morgan fingerprint density at radius 1 is 1.08 bits per heavy atom. The molecule has 10 nitrogen and oxygen atoms in total. The summed E-state index contributed by atoms with van der Waals surface area (Å²) in [6.07, 6.45) is 1.61. The molecule has 0 fully saturated rings. The minimum absolute atomic E-state index is 0.282. The van der Waals surface area contributed by atoms with Crippen molar-refractivity contribution >= 4 is 28.9 Å². The predicted octanol–water partition coefficient (Wildman–Crippen LogP) is 5.08. The number of nitrogen functional groups attached to an aromatic ring is 1. The number of ether oxygens (including phenoxy) is 3. The second kappa shape index (κ2) is 10.8. The lowest BCUT2D eigenvalue weighted by atomic mass is 10.1. The number of carbonyl (C=O) groups is 1. The molecule has 0 atom stereocenters. The Bertz CT molecular complexity index is 1400. The highest BCUT2D eigenvalue weighted by atomic mass is 16.5. The molecule has 2 aromatic carbocycles. The van der Waals surface area contributed by atoms with E-state index in [1.54, 1.807) is 34.9 Å². The Labute approximate surface area is 216 Å². The van der Waals surface area contributed by atoms with Crippen molar-refractivity contribution < 1.29 is 19.0 Å². The number of aromatic nitrogens is 3. The zero-order valence-electron chi connectivity index (χ0n) is 21.7. The van der Waals surface area contributed by atoms with Crippen LogP contribution >= 0.6 is 0 Å². The molecule has 4 aromatic rings. The van der Waals surface area contributed by atoms with Crippen LogP contribution in [-0.4, -0.2) is 46.5 Å². The van der Waals surface area contributed by atoms with Gasteiger partial charge >= 0.3 is 6.03 Å². The number of methoxy groups -OCH3 is 1. The average molecular weight is 505 g/mol. The number of nitrogens with one attached hydrogen (secondary N) is 1. The molecule has 194 valence electrons. The summed E-state index contributed by atoms with van der Waals surface area (Å²) in [5, 5.41) is 7.47. The normalized spacial score (nSPS) is 11.4. The van der Waals surface area contributed by atoms with Crippen LogP contribution in [0.1, 0.15) is 26.3 Å². The Morgan fingerprint density at radius 3 is 2.65 bits per heavy atom. The maximum absolute atomic E-state index is 13.6. The van der Waals surface area contributed by atoms with E-state index in [-0.39, 0.29) is 6.03 Å². The first kappa shape index (κ1) is 25.8. The topological polar surface area (TPSA) is 116 Å². The van der Waals surface area contributed by atoms with E-state index in [1.807, 2.05) is 70.2 Å².